The second-order valence-corrected chi connectivity index (χ2v) is 9.86. The normalized spacial score (nSPS) is 21.7. The molecular formula is C23H25F3IN3O3. The van der Waals surface area contributed by atoms with Crippen molar-refractivity contribution < 1.29 is 27.8 Å². The number of nitrogens with zero attached hydrogens (tertiary/aromatic N) is 1. The molecule has 1 heterocycles. The molecule has 1 amide bonds. The third-order valence-corrected chi connectivity index (χ3v) is 6.89. The fraction of sp³-hybridized carbons (Fsp3) is 0.435. The second kappa shape index (κ2) is 9.77. The number of carbonyl (C=O) groups is 1. The molecule has 0 spiro atoms. The van der Waals surface area contributed by atoms with Crippen LogP contribution in [0.3, 0.4) is 0 Å². The largest absolute Gasteiger partial charge is 0.385 e. The lowest BCUT2D eigenvalue weighted by Gasteiger charge is -2.47. The number of amides is 1. The predicted molar refractivity (Wildman–Crippen MR) is 126 cm³/mol. The number of aliphatic hydroxyl groups is 1. The molecule has 2 aromatic rings. The molecule has 178 valence electrons. The first-order valence-corrected chi connectivity index (χ1v) is 11.8. The number of β-amino-alcohol motifs (C(OH)–C–C–N with tert-alkyl or cyclic N) is 1. The number of hydrogen-bond acceptors (Lipinski definition) is 5. The Morgan fingerprint density at radius 1 is 1.21 bits per heavy atom. The highest BCUT2D eigenvalue weighted by Gasteiger charge is 2.45. The molecule has 0 radical (unpaired) electrons. The molecule has 1 aliphatic carbocycles. The molecule has 2 atom stereocenters. The maximum absolute atomic E-state index is 14.6. The Bertz CT molecular complexity index is 1050. The van der Waals surface area contributed by atoms with Gasteiger partial charge in [0.15, 0.2) is 11.6 Å². The van der Waals surface area contributed by atoms with Crippen LogP contribution >= 0.6 is 22.6 Å². The van der Waals surface area contributed by atoms with Crippen LogP contribution in [0.5, 0.6) is 0 Å². The average molecular weight is 575 g/mol. The fourth-order valence-corrected chi connectivity index (χ4v) is 4.88. The van der Waals surface area contributed by atoms with Crippen molar-refractivity contribution in [3.05, 3.63) is 56.9 Å². The van der Waals surface area contributed by atoms with Gasteiger partial charge >= 0.3 is 0 Å². The summed E-state index contributed by atoms with van der Waals surface area (Å²) in [6, 6.07) is 6.39. The molecule has 1 aliphatic heterocycles. The lowest BCUT2D eigenvalue weighted by atomic mass is 9.92. The van der Waals surface area contributed by atoms with E-state index in [0.717, 1.165) is 31.4 Å². The van der Waals surface area contributed by atoms with Crippen LogP contribution in [0.1, 0.15) is 29.6 Å². The summed E-state index contributed by atoms with van der Waals surface area (Å²) in [7, 11) is 1.67. The number of rotatable bonds is 7. The van der Waals surface area contributed by atoms with Gasteiger partial charge in [0.25, 0.3) is 5.91 Å². The van der Waals surface area contributed by atoms with E-state index in [2.05, 4.69) is 10.6 Å². The molecule has 2 aromatic carbocycles. The Kier molecular flexibility index (Phi) is 7.18. The van der Waals surface area contributed by atoms with E-state index in [1.54, 1.807) is 13.2 Å². The first kappa shape index (κ1) is 24.2. The standard InChI is InChI=1S/C23H25F3IN3O3/c1-33-19-4-2-3-18(19)28-10-23(32)11-30(12-23)22(31)14-6-7-15(24)20(26)21(14)29-17-8-5-13(27)9-16(17)25/h5-9,18-19,28-29,32H,2-4,10-12H2,1H3/t18?,19-/m0/s1. The minimum Gasteiger partial charge on any atom is -0.385 e. The smallest absolute Gasteiger partial charge is 0.256 e. The summed E-state index contributed by atoms with van der Waals surface area (Å²) in [4.78, 5) is 14.4. The van der Waals surface area contributed by atoms with Crippen LogP contribution in [-0.2, 0) is 4.74 Å². The topological polar surface area (TPSA) is 73.8 Å². The molecule has 2 aliphatic rings. The van der Waals surface area contributed by atoms with Crippen LogP contribution in [0, 0.1) is 21.0 Å². The molecule has 4 rings (SSSR count). The number of carbonyl (C=O) groups excluding carboxylic acids is 1. The van der Waals surface area contributed by atoms with Gasteiger partial charge in [-0.1, -0.05) is 0 Å². The second-order valence-electron chi connectivity index (χ2n) is 8.61. The fourth-order valence-electron chi connectivity index (χ4n) is 4.43. The van der Waals surface area contributed by atoms with Crippen molar-refractivity contribution in [2.75, 3.05) is 32.1 Å². The van der Waals surface area contributed by atoms with Gasteiger partial charge in [0, 0.05) is 23.3 Å². The highest BCUT2D eigenvalue weighted by atomic mass is 127. The molecule has 2 fully saturated rings. The average Bonchev–Trinajstić information content (AvgIpc) is 3.22. The zero-order valence-corrected chi connectivity index (χ0v) is 20.2. The maximum atomic E-state index is 14.6. The lowest BCUT2D eigenvalue weighted by molar-refractivity contribution is -0.0815. The van der Waals surface area contributed by atoms with Crippen LogP contribution in [0.15, 0.2) is 30.3 Å². The number of nitrogens with one attached hydrogen (secondary N) is 2. The summed E-state index contributed by atoms with van der Waals surface area (Å²) in [5.41, 5.74) is -1.78. The summed E-state index contributed by atoms with van der Waals surface area (Å²) >= 11 is 1.93. The molecule has 3 N–H and O–H groups in total. The van der Waals surface area contributed by atoms with Crippen molar-refractivity contribution in [3.8, 4) is 0 Å². The summed E-state index contributed by atoms with van der Waals surface area (Å²) in [5, 5.41) is 16.6. The third-order valence-electron chi connectivity index (χ3n) is 6.22. The molecule has 1 saturated carbocycles. The van der Waals surface area contributed by atoms with Crippen LogP contribution in [0.2, 0.25) is 0 Å². The molecule has 0 bridgehead atoms. The molecule has 33 heavy (non-hydrogen) atoms. The van der Waals surface area contributed by atoms with E-state index in [1.807, 2.05) is 22.6 Å². The van der Waals surface area contributed by atoms with Crippen molar-refractivity contribution in [2.24, 2.45) is 0 Å². The van der Waals surface area contributed by atoms with E-state index in [-0.39, 0.29) is 43.0 Å². The van der Waals surface area contributed by atoms with Gasteiger partial charge in [0.05, 0.1) is 36.1 Å². The van der Waals surface area contributed by atoms with E-state index < -0.39 is 34.6 Å². The van der Waals surface area contributed by atoms with E-state index in [1.165, 1.54) is 17.0 Å². The van der Waals surface area contributed by atoms with Gasteiger partial charge in [-0.2, -0.15) is 0 Å². The van der Waals surface area contributed by atoms with Crippen molar-refractivity contribution in [1.29, 1.82) is 0 Å². The highest BCUT2D eigenvalue weighted by Crippen LogP contribution is 2.32. The van der Waals surface area contributed by atoms with Crippen LogP contribution < -0.4 is 10.6 Å². The number of methoxy groups -OCH3 is 1. The number of ether oxygens (including phenoxy) is 1. The third kappa shape index (κ3) is 5.13. The quantitative estimate of drug-likeness (QED) is 0.439. The van der Waals surface area contributed by atoms with E-state index in [0.29, 0.717) is 3.57 Å². The van der Waals surface area contributed by atoms with Gasteiger partial charge in [-0.25, -0.2) is 13.2 Å². The highest BCUT2D eigenvalue weighted by molar-refractivity contribution is 14.1. The van der Waals surface area contributed by atoms with Crippen molar-refractivity contribution in [3.63, 3.8) is 0 Å². The minimum atomic E-state index is -1.27. The summed E-state index contributed by atoms with van der Waals surface area (Å²) in [6.07, 6.45) is 3.07. The zero-order valence-electron chi connectivity index (χ0n) is 18.0. The van der Waals surface area contributed by atoms with Crippen LogP contribution in [0.25, 0.3) is 0 Å². The molecular weight excluding hydrogens is 550 g/mol. The Morgan fingerprint density at radius 3 is 2.67 bits per heavy atom. The Balaban J connectivity index is 1.46. The number of likely N-dealkylation sites (tertiary alicyclic amines) is 1. The van der Waals surface area contributed by atoms with Gasteiger partial charge in [-0.3, -0.25) is 4.79 Å². The summed E-state index contributed by atoms with van der Waals surface area (Å²) in [5.74, 6) is -3.67. The van der Waals surface area contributed by atoms with E-state index in [9.17, 15) is 23.1 Å². The molecule has 1 unspecified atom stereocenters. The van der Waals surface area contributed by atoms with E-state index in [4.69, 9.17) is 4.74 Å². The van der Waals surface area contributed by atoms with Crippen LogP contribution in [-0.4, -0.2) is 60.4 Å². The van der Waals surface area contributed by atoms with Gasteiger partial charge in [0.2, 0.25) is 0 Å². The van der Waals surface area contributed by atoms with Crippen LogP contribution in [0.4, 0.5) is 24.5 Å². The Labute approximate surface area is 203 Å². The SMILES string of the molecule is CO[C@H]1CCCC1NCC1(O)CN(C(=O)c2ccc(F)c(F)c2Nc2ccc(I)cc2F)C1. The van der Waals surface area contributed by atoms with Crippen molar-refractivity contribution in [1.82, 2.24) is 10.2 Å². The number of anilines is 2. The first-order chi connectivity index (χ1) is 15.7. The van der Waals surface area contributed by atoms with Gasteiger partial charge in [-0.15, -0.1) is 0 Å². The molecule has 1 saturated heterocycles. The first-order valence-electron chi connectivity index (χ1n) is 10.7. The van der Waals surface area contributed by atoms with Crippen molar-refractivity contribution >= 4 is 39.9 Å². The Morgan fingerprint density at radius 2 is 1.97 bits per heavy atom. The summed E-state index contributed by atoms with van der Waals surface area (Å²) in [6.45, 7) is 0.372. The molecule has 0 aromatic heterocycles. The zero-order chi connectivity index (χ0) is 23.8. The minimum absolute atomic E-state index is 0.0412. The number of hydrogen-bond donors (Lipinski definition) is 3. The summed E-state index contributed by atoms with van der Waals surface area (Å²) < 4.78 is 48.9. The molecule has 6 nitrogen and oxygen atoms in total. The number of benzene rings is 2. The monoisotopic (exact) mass is 575 g/mol. The Hall–Kier alpha value is -1.89. The van der Waals surface area contributed by atoms with Gasteiger partial charge in [0.1, 0.15) is 11.4 Å². The molecule has 10 heteroatoms. The number of halogens is 4. The van der Waals surface area contributed by atoms with E-state index >= 15 is 0 Å². The maximum Gasteiger partial charge on any atom is 0.256 e. The van der Waals surface area contributed by atoms with Crippen molar-refractivity contribution in [2.45, 2.75) is 37.0 Å². The lowest BCUT2D eigenvalue weighted by Crippen LogP contribution is -2.68. The van der Waals surface area contributed by atoms with Gasteiger partial charge in [-0.05, 0) is 72.2 Å². The predicted octanol–water partition coefficient (Wildman–Crippen LogP) is 3.80. The van der Waals surface area contributed by atoms with Gasteiger partial charge < -0.3 is 25.4 Å².